The van der Waals surface area contributed by atoms with Crippen LogP contribution in [0.15, 0.2) is 47.3 Å². The number of aromatic nitrogens is 3. The van der Waals surface area contributed by atoms with Crippen LogP contribution in [0.1, 0.15) is 5.82 Å². The predicted octanol–water partition coefficient (Wildman–Crippen LogP) is 3.92. The maximum absolute atomic E-state index is 5.56. The molecule has 2 aromatic heterocycles. The van der Waals surface area contributed by atoms with Gasteiger partial charge in [0.15, 0.2) is 0 Å². The number of aryl methyl sites for hydroxylation is 1. The SMILES string of the molecule is Cn1ccnc1Cn1ccc2cc(Br)ccc2c1=S. The number of imidazole rings is 1. The maximum Gasteiger partial charge on any atom is 0.128 e. The number of rotatable bonds is 2. The van der Waals surface area contributed by atoms with Gasteiger partial charge in [-0.15, -0.1) is 0 Å². The number of halogens is 1. The van der Waals surface area contributed by atoms with Gasteiger partial charge in [0.05, 0.1) is 6.54 Å². The Bertz CT molecular complexity index is 804. The van der Waals surface area contributed by atoms with Crippen LogP contribution in [-0.4, -0.2) is 14.1 Å². The van der Waals surface area contributed by atoms with Crippen molar-refractivity contribution in [2.45, 2.75) is 6.54 Å². The largest absolute Gasteiger partial charge is 0.337 e. The molecule has 2 heterocycles. The molecule has 0 bridgehead atoms. The van der Waals surface area contributed by atoms with Crippen LogP contribution < -0.4 is 0 Å². The first-order valence-electron chi connectivity index (χ1n) is 5.90. The molecule has 0 aliphatic carbocycles. The summed E-state index contributed by atoms with van der Waals surface area (Å²) in [5.41, 5.74) is 0. The highest BCUT2D eigenvalue weighted by molar-refractivity contribution is 9.10. The third-order valence-electron chi connectivity index (χ3n) is 3.17. The third-order valence-corrected chi connectivity index (χ3v) is 4.12. The lowest BCUT2D eigenvalue weighted by Gasteiger charge is -2.09. The number of benzene rings is 1. The molecular formula is C14H12BrN3S. The van der Waals surface area contributed by atoms with Crippen LogP contribution in [0, 0.1) is 4.64 Å². The molecule has 0 N–H and O–H groups in total. The van der Waals surface area contributed by atoms with Crippen LogP contribution in [0.4, 0.5) is 0 Å². The quantitative estimate of drug-likeness (QED) is 0.663. The van der Waals surface area contributed by atoms with Crippen LogP contribution in [0.5, 0.6) is 0 Å². The summed E-state index contributed by atoms with van der Waals surface area (Å²) in [5, 5.41) is 2.24. The van der Waals surface area contributed by atoms with E-state index in [4.69, 9.17) is 12.2 Å². The number of hydrogen-bond donors (Lipinski definition) is 0. The van der Waals surface area contributed by atoms with E-state index in [1.54, 1.807) is 6.20 Å². The smallest absolute Gasteiger partial charge is 0.128 e. The summed E-state index contributed by atoms with van der Waals surface area (Å²) in [6, 6.07) is 8.23. The highest BCUT2D eigenvalue weighted by Crippen LogP contribution is 2.21. The van der Waals surface area contributed by atoms with E-state index in [9.17, 15) is 0 Å². The molecule has 19 heavy (non-hydrogen) atoms. The first kappa shape index (κ1) is 12.6. The number of hydrogen-bond acceptors (Lipinski definition) is 2. The van der Waals surface area contributed by atoms with E-state index in [-0.39, 0.29) is 0 Å². The molecule has 5 heteroatoms. The van der Waals surface area contributed by atoms with E-state index in [1.807, 2.05) is 34.6 Å². The van der Waals surface area contributed by atoms with Crippen molar-refractivity contribution in [2.75, 3.05) is 0 Å². The van der Waals surface area contributed by atoms with E-state index >= 15 is 0 Å². The average molecular weight is 334 g/mol. The zero-order valence-electron chi connectivity index (χ0n) is 10.4. The summed E-state index contributed by atoms with van der Waals surface area (Å²) in [4.78, 5) is 4.33. The first-order valence-corrected chi connectivity index (χ1v) is 7.10. The minimum Gasteiger partial charge on any atom is -0.337 e. The summed E-state index contributed by atoms with van der Waals surface area (Å²) in [7, 11) is 1.99. The van der Waals surface area contributed by atoms with Gasteiger partial charge in [0, 0.05) is 35.5 Å². The summed E-state index contributed by atoms with van der Waals surface area (Å²) in [6.45, 7) is 0.689. The summed E-state index contributed by atoms with van der Waals surface area (Å²) < 4.78 is 5.96. The highest BCUT2D eigenvalue weighted by Gasteiger charge is 2.04. The molecule has 3 aromatic rings. The second-order valence-electron chi connectivity index (χ2n) is 4.43. The Morgan fingerprint density at radius 2 is 2.11 bits per heavy atom. The van der Waals surface area contributed by atoms with Gasteiger partial charge >= 0.3 is 0 Å². The molecule has 0 saturated carbocycles. The van der Waals surface area contributed by atoms with E-state index in [2.05, 4.69) is 39.1 Å². The summed E-state index contributed by atoms with van der Waals surface area (Å²) >= 11 is 9.04. The van der Waals surface area contributed by atoms with Gasteiger partial charge in [0.1, 0.15) is 10.5 Å². The standard InChI is InChI=1S/C14H12BrN3S/c1-17-7-5-16-13(17)9-18-6-4-10-8-11(15)2-3-12(10)14(18)19/h2-8H,9H2,1H3. The van der Waals surface area contributed by atoms with Crippen molar-refractivity contribution >= 4 is 38.9 Å². The molecule has 0 radical (unpaired) electrons. The second-order valence-corrected chi connectivity index (χ2v) is 5.74. The highest BCUT2D eigenvalue weighted by atomic mass is 79.9. The fraction of sp³-hybridized carbons (Fsp3) is 0.143. The molecular weight excluding hydrogens is 322 g/mol. The topological polar surface area (TPSA) is 22.8 Å². The van der Waals surface area contributed by atoms with Gasteiger partial charge in [-0.1, -0.05) is 34.2 Å². The van der Waals surface area contributed by atoms with E-state index in [0.717, 1.165) is 25.7 Å². The lowest BCUT2D eigenvalue weighted by Crippen LogP contribution is -2.07. The third kappa shape index (κ3) is 2.35. The maximum atomic E-state index is 5.56. The van der Waals surface area contributed by atoms with E-state index < -0.39 is 0 Å². The van der Waals surface area contributed by atoms with Crippen LogP contribution >= 0.6 is 28.1 Å². The van der Waals surface area contributed by atoms with Crippen molar-refractivity contribution in [2.24, 2.45) is 7.05 Å². The van der Waals surface area contributed by atoms with Gasteiger partial charge < -0.3 is 9.13 Å². The van der Waals surface area contributed by atoms with Gasteiger partial charge in [0.25, 0.3) is 0 Å². The summed E-state index contributed by atoms with van der Waals surface area (Å²) in [5.74, 6) is 0.993. The molecule has 3 nitrogen and oxygen atoms in total. The van der Waals surface area contributed by atoms with Crippen molar-refractivity contribution in [1.29, 1.82) is 0 Å². The van der Waals surface area contributed by atoms with Gasteiger partial charge in [-0.05, 0) is 23.6 Å². The van der Waals surface area contributed by atoms with Crippen molar-refractivity contribution in [3.05, 3.63) is 57.8 Å². The minimum absolute atomic E-state index is 0.689. The molecule has 3 rings (SSSR count). The van der Waals surface area contributed by atoms with Crippen molar-refractivity contribution in [3.8, 4) is 0 Å². The summed E-state index contributed by atoms with van der Waals surface area (Å²) in [6.07, 6.45) is 5.76. The van der Waals surface area contributed by atoms with Gasteiger partial charge in [0.2, 0.25) is 0 Å². The monoisotopic (exact) mass is 333 g/mol. The second kappa shape index (κ2) is 4.90. The van der Waals surface area contributed by atoms with Crippen molar-refractivity contribution in [1.82, 2.24) is 14.1 Å². The molecule has 0 aliphatic heterocycles. The van der Waals surface area contributed by atoms with Crippen LogP contribution in [-0.2, 0) is 13.6 Å². The molecule has 0 atom stereocenters. The van der Waals surface area contributed by atoms with E-state index in [1.165, 1.54) is 0 Å². The average Bonchev–Trinajstić information content (AvgIpc) is 2.78. The Morgan fingerprint density at radius 1 is 1.26 bits per heavy atom. The van der Waals surface area contributed by atoms with Gasteiger partial charge in [-0.3, -0.25) is 0 Å². The van der Waals surface area contributed by atoms with Gasteiger partial charge in [-0.25, -0.2) is 4.98 Å². The fourth-order valence-corrected chi connectivity index (χ4v) is 2.77. The number of pyridine rings is 1. The Labute approximate surface area is 124 Å². The number of fused-ring (bicyclic) bond motifs is 1. The number of nitrogens with zero attached hydrogens (tertiary/aromatic N) is 3. The molecule has 0 fully saturated rings. The molecule has 0 aliphatic rings. The lowest BCUT2D eigenvalue weighted by molar-refractivity contribution is 0.693. The molecule has 1 aromatic carbocycles. The fourth-order valence-electron chi connectivity index (χ4n) is 2.08. The van der Waals surface area contributed by atoms with Gasteiger partial charge in [-0.2, -0.15) is 0 Å². The molecule has 96 valence electrons. The normalized spacial score (nSPS) is 11.1. The Hall–Kier alpha value is -1.46. The Morgan fingerprint density at radius 3 is 2.84 bits per heavy atom. The van der Waals surface area contributed by atoms with E-state index in [0.29, 0.717) is 6.54 Å². The zero-order valence-corrected chi connectivity index (χ0v) is 12.8. The van der Waals surface area contributed by atoms with Crippen LogP contribution in [0.2, 0.25) is 0 Å². The Kier molecular flexibility index (Phi) is 3.24. The van der Waals surface area contributed by atoms with Crippen molar-refractivity contribution < 1.29 is 0 Å². The molecule has 0 spiro atoms. The molecule has 0 saturated heterocycles. The Balaban J connectivity index is 2.11. The first-order chi connectivity index (χ1) is 9.15. The molecule has 0 amide bonds. The zero-order chi connectivity index (χ0) is 13.4. The van der Waals surface area contributed by atoms with Crippen LogP contribution in [0.3, 0.4) is 0 Å². The van der Waals surface area contributed by atoms with Crippen LogP contribution in [0.25, 0.3) is 10.8 Å². The molecule has 0 unspecified atom stereocenters. The minimum atomic E-state index is 0.689. The van der Waals surface area contributed by atoms with Crippen molar-refractivity contribution in [3.63, 3.8) is 0 Å². The predicted molar refractivity (Wildman–Crippen MR) is 82.8 cm³/mol. The lowest BCUT2D eigenvalue weighted by atomic mass is 10.2.